The summed E-state index contributed by atoms with van der Waals surface area (Å²) >= 11 is 0. The highest BCUT2D eigenvalue weighted by Gasteiger charge is 2.28. The molecule has 0 spiro atoms. The van der Waals surface area contributed by atoms with Gasteiger partial charge in [-0.1, -0.05) is 31.8 Å². The molecular weight excluding hydrogens is 364 g/mol. The predicted octanol–water partition coefficient (Wildman–Crippen LogP) is 4.85. The number of carbonyl (C=O) groups is 1. The first-order chi connectivity index (χ1) is 14.0. The van der Waals surface area contributed by atoms with Gasteiger partial charge in [-0.3, -0.25) is 4.79 Å². The molecule has 1 aliphatic heterocycles. The molecule has 2 fully saturated rings. The molecule has 0 radical (unpaired) electrons. The molecular formula is C23H32N4O2. The van der Waals surface area contributed by atoms with E-state index in [9.17, 15) is 4.79 Å². The number of hydrogen-bond donors (Lipinski definition) is 0. The molecule has 3 heterocycles. The molecule has 4 rings (SSSR count). The minimum atomic E-state index is 0.269. The van der Waals surface area contributed by atoms with Crippen molar-refractivity contribution in [3.63, 3.8) is 0 Å². The molecule has 6 heteroatoms. The first-order valence-corrected chi connectivity index (χ1v) is 11.1. The molecule has 1 aliphatic carbocycles. The second-order valence-electron chi connectivity index (χ2n) is 9.02. The van der Waals surface area contributed by atoms with Crippen molar-refractivity contribution in [1.29, 1.82) is 0 Å². The van der Waals surface area contributed by atoms with Crippen molar-refractivity contribution in [2.45, 2.75) is 77.6 Å². The number of rotatable bonds is 5. The summed E-state index contributed by atoms with van der Waals surface area (Å²) in [5, 5.41) is 4.00. The number of carbonyl (C=O) groups excluding carboxylic acids is 1. The van der Waals surface area contributed by atoms with E-state index in [2.05, 4.69) is 28.9 Å². The molecule has 0 N–H and O–H groups in total. The molecule has 1 amide bonds. The van der Waals surface area contributed by atoms with Gasteiger partial charge in [0.05, 0.1) is 17.0 Å². The minimum absolute atomic E-state index is 0.269. The number of aryl methyl sites for hydroxylation is 1. The Bertz CT molecular complexity index is 846. The number of nitrogens with zero attached hydrogens (tertiary/aromatic N) is 4. The molecule has 1 saturated carbocycles. The molecule has 0 atom stereocenters. The van der Waals surface area contributed by atoms with Crippen molar-refractivity contribution in [2.75, 3.05) is 13.1 Å². The summed E-state index contributed by atoms with van der Waals surface area (Å²) in [4.78, 5) is 24.3. The monoisotopic (exact) mass is 396 g/mol. The lowest BCUT2D eigenvalue weighted by molar-refractivity contribution is -0.133. The van der Waals surface area contributed by atoms with E-state index in [4.69, 9.17) is 9.51 Å². The summed E-state index contributed by atoms with van der Waals surface area (Å²) in [5.74, 6) is 3.17. The minimum Gasteiger partial charge on any atom is -0.356 e. The number of piperidine rings is 1. The van der Waals surface area contributed by atoms with Crippen LogP contribution in [-0.2, 0) is 4.79 Å². The molecule has 0 aromatic carbocycles. The van der Waals surface area contributed by atoms with E-state index in [1.807, 2.05) is 19.2 Å². The standard InChI is InChI=1S/C23H32N4O2/c1-15(2)22-19(20-12-16(3)26-29-20)14-24-23(25-22)18-8-10-27(11-9-18)21(28)13-17-6-4-5-7-17/h12,14-15,17-18H,4-11,13H2,1-3H3. The molecule has 2 aromatic heterocycles. The van der Waals surface area contributed by atoms with E-state index < -0.39 is 0 Å². The number of hydrogen-bond acceptors (Lipinski definition) is 5. The van der Waals surface area contributed by atoms with Crippen LogP contribution in [0.1, 0.15) is 87.8 Å². The van der Waals surface area contributed by atoms with Gasteiger partial charge < -0.3 is 9.42 Å². The van der Waals surface area contributed by atoms with Crippen LogP contribution in [0, 0.1) is 12.8 Å². The van der Waals surface area contributed by atoms with E-state index >= 15 is 0 Å². The van der Waals surface area contributed by atoms with E-state index in [1.165, 1.54) is 25.7 Å². The Morgan fingerprint density at radius 2 is 1.93 bits per heavy atom. The first kappa shape index (κ1) is 20.0. The van der Waals surface area contributed by atoms with Crippen LogP contribution in [0.15, 0.2) is 16.8 Å². The highest BCUT2D eigenvalue weighted by Crippen LogP contribution is 2.33. The van der Waals surface area contributed by atoms with E-state index in [0.29, 0.717) is 17.7 Å². The fraction of sp³-hybridized carbons (Fsp3) is 0.652. The Morgan fingerprint density at radius 3 is 2.55 bits per heavy atom. The van der Waals surface area contributed by atoms with Gasteiger partial charge in [-0.25, -0.2) is 9.97 Å². The van der Waals surface area contributed by atoms with E-state index in [1.54, 1.807) is 0 Å². The Labute approximate surface area is 173 Å². The average molecular weight is 397 g/mol. The lowest BCUT2D eigenvalue weighted by Crippen LogP contribution is -2.38. The highest BCUT2D eigenvalue weighted by molar-refractivity contribution is 5.76. The first-order valence-electron chi connectivity index (χ1n) is 11.1. The van der Waals surface area contributed by atoms with Crippen LogP contribution in [0.5, 0.6) is 0 Å². The number of aromatic nitrogens is 3. The van der Waals surface area contributed by atoms with Crippen LogP contribution >= 0.6 is 0 Å². The van der Waals surface area contributed by atoms with Crippen LogP contribution in [0.25, 0.3) is 11.3 Å². The fourth-order valence-electron chi connectivity index (χ4n) is 4.70. The second-order valence-corrected chi connectivity index (χ2v) is 9.02. The van der Waals surface area contributed by atoms with Gasteiger partial charge in [0.25, 0.3) is 0 Å². The second kappa shape index (κ2) is 8.64. The third-order valence-corrected chi connectivity index (χ3v) is 6.43. The van der Waals surface area contributed by atoms with Gasteiger partial charge in [0.15, 0.2) is 5.76 Å². The van der Waals surface area contributed by atoms with Crippen LogP contribution in [0.4, 0.5) is 0 Å². The SMILES string of the molecule is Cc1cc(-c2cnc(C3CCN(C(=O)CC4CCCC4)CC3)nc2C(C)C)on1. The van der Waals surface area contributed by atoms with Crippen LogP contribution in [-0.4, -0.2) is 39.0 Å². The zero-order valence-corrected chi connectivity index (χ0v) is 17.9. The molecule has 1 saturated heterocycles. The highest BCUT2D eigenvalue weighted by atomic mass is 16.5. The molecule has 29 heavy (non-hydrogen) atoms. The Hall–Kier alpha value is -2.24. The van der Waals surface area contributed by atoms with Crippen molar-refractivity contribution in [2.24, 2.45) is 5.92 Å². The third kappa shape index (κ3) is 4.51. The molecule has 2 aliphatic rings. The van der Waals surface area contributed by atoms with Crippen molar-refractivity contribution >= 4 is 5.91 Å². The van der Waals surface area contributed by atoms with E-state index in [0.717, 1.165) is 60.9 Å². The van der Waals surface area contributed by atoms with Crippen LogP contribution < -0.4 is 0 Å². The Kier molecular flexibility index (Phi) is 5.97. The Morgan fingerprint density at radius 1 is 1.21 bits per heavy atom. The van der Waals surface area contributed by atoms with Crippen molar-refractivity contribution < 1.29 is 9.32 Å². The maximum Gasteiger partial charge on any atom is 0.222 e. The van der Waals surface area contributed by atoms with Crippen LogP contribution in [0.2, 0.25) is 0 Å². The Balaban J connectivity index is 1.42. The molecule has 6 nitrogen and oxygen atoms in total. The molecule has 0 bridgehead atoms. The van der Waals surface area contributed by atoms with Gasteiger partial charge in [0.2, 0.25) is 5.91 Å². The summed E-state index contributed by atoms with van der Waals surface area (Å²) in [5.41, 5.74) is 2.79. The number of likely N-dealkylation sites (tertiary alicyclic amines) is 1. The summed E-state index contributed by atoms with van der Waals surface area (Å²) < 4.78 is 5.45. The van der Waals surface area contributed by atoms with Crippen molar-refractivity contribution in [3.05, 3.63) is 29.5 Å². The maximum atomic E-state index is 12.6. The van der Waals surface area contributed by atoms with Gasteiger partial charge in [-0.15, -0.1) is 0 Å². The van der Waals surface area contributed by atoms with Gasteiger partial charge in [0, 0.05) is 37.7 Å². The van der Waals surface area contributed by atoms with Crippen LogP contribution in [0.3, 0.4) is 0 Å². The zero-order valence-electron chi connectivity index (χ0n) is 17.9. The summed E-state index contributed by atoms with van der Waals surface area (Å²) in [6.07, 6.45) is 9.54. The summed E-state index contributed by atoms with van der Waals surface area (Å²) in [7, 11) is 0. The smallest absolute Gasteiger partial charge is 0.222 e. The zero-order chi connectivity index (χ0) is 20.4. The van der Waals surface area contributed by atoms with E-state index in [-0.39, 0.29) is 5.92 Å². The van der Waals surface area contributed by atoms with Gasteiger partial charge in [-0.05, 0) is 44.4 Å². The van der Waals surface area contributed by atoms with Crippen molar-refractivity contribution in [1.82, 2.24) is 20.0 Å². The number of amides is 1. The molecule has 2 aromatic rings. The molecule has 156 valence electrons. The van der Waals surface area contributed by atoms with Gasteiger partial charge in [-0.2, -0.15) is 0 Å². The quantitative estimate of drug-likeness (QED) is 0.722. The lowest BCUT2D eigenvalue weighted by Gasteiger charge is -2.32. The topological polar surface area (TPSA) is 72.1 Å². The normalized spacial score (nSPS) is 18.7. The maximum absolute atomic E-state index is 12.6. The fourth-order valence-corrected chi connectivity index (χ4v) is 4.70. The average Bonchev–Trinajstić information content (AvgIpc) is 3.39. The molecule has 0 unspecified atom stereocenters. The summed E-state index contributed by atoms with van der Waals surface area (Å²) in [6.45, 7) is 7.84. The third-order valence-electron chi connectivity index (χ3n) is 6.43. The summed E-state index contributed by atoms with van der Waals surface area (Å²) in [6, 6.07) is 1.93. The van der Waals surface area contributed by atoms with Gasteiger partial charge in [0.1, 0.15) is 5.82 Å². The predicted molar refractivity (Wildman–Crippen MR) is 111 cm³/mol. The largest absolute Gasteiger partial charge is 0.356 e. The van der Waals surface area contributed by atoms with Crippen molar-refractivity contribution in [3.8, 4) is 11.3 Å². The van der Waals surface area contributed by atoms with Gasteiger partial charge >= 0.3 is 0 Å². The lowest BCUT2D eigenvalue weighted by atomic mass is 9.94.